The number of alkyl halides is 1. The lowest BCUT2D eigenvalue weighted by atomic mass is 10.2. The van der Waals surface area contributed by atoms with Crippen LogP contribution in [-0.4, -0.2) is 51.4 Å². The highest BCUT2D eigenvalue weighted by Crippen LogP contribution is 2.22. The van der Waals surface area contributed by atoms with Crippen LogP contribution in [0.25, 0.3) is 0 Å². The first-order valence-electron chi connectivity index (χ1n) is 7.13. The number of nitrogens with zero attached hydrogens (tertiary/aromatic N) is 2. The second-order valence-corrected chi connectivity index (χ2v) is 7.56. The van der Waals surface area contributed by atoms with E-state index in [0.29, 0.717) is 23.9 Å². The van der Waals surface area contributed by atoms with Gasteiger partial charge in [-0.15, -0.1) is 11.6 Å². The molecule has 0 radical (unpaired) electrons. The van der Waals surface area contributed by atoms with E-state index in [0.717, 1.165) is 24.1 Å². The Labute approximate surface area is 133 Å². The summed E-state index contributed by atoms with van der Waals surface area (Å²) in [6, 6.07) is 5.37. The highest BCUT2D eigenvalue weighted by atomic mass is 35.5. The van der Waals surface area contributed by atoms with Crippen molar-refractivity contribution in [1.29, 1.82) is 0 Å². The van der Waals surface area contributed by atoms with Crippen LogP contribution in [0.4, 0.5) is 0 Å². The molecule has 0 aromatic heterocycles. The molecule has 120 valence electrons. The average Bonchev–Trinajstić information content (AvgIpc) is 2.43. The van der Waals surface area contributed by atoms with Gasteiger partial charge in [0.25, 0.3) is 0 Å². The molecule has 0 bridgehead atoms. The van der Waals surface area contributed by atoms with Gasteiger partial charge in [-0.05, 0) is 51.2 Å². The van der Waals surface area contributed by atoms with Crippen LogP contribution in [0.1, 0.15) is 24.5 Å². The van der Waals surface area contributed by atoms with Crippen LogP contribution >= 0.6 is 11.6 Å². The molecule has 1 rings (SSSR count). The van der Waals surface area contributed by atoms with Crippen molar-refractivity contribution in [3.8, 4) is 0 Å². The number of hydrogen-bond donors (Lipinski definition) is 0. The molecule has 0 spiro atoms. The van der Waals surface area contributed by atoms with Gasteiger partial charge in [-0.2, -0.15) is 4.31 Å². The Balaban J connectivity index is 3.01. The van der Waals surface area contributed by atoms with Crippen molar-refractivity contribution >= 4 is 21.6 Å². The maximum Gasteiger partial charge on any atom is 0.243 e. The molecular weight excluding hydrogens is 308 g/mol. The van der Waals surface area contributed by atoms with Crippen molar-refractivity contribution < 1.29 is 8.42 Å². The summed E-state index contributed by atoms with van der Waals surface area (Å²) in [5.41, 5.74) is 1.58. The monoisotopic (exact) mass is 332 g/mol. The van der Waals surface area contributed by atoms with Crippen molar-refractivity contribution in [3.05, 3.63) is 29.3 Å². The van der Waals surface area contributed by atoms with E-state index in [1.807, 2.05) is 40.1 Å². The van der Waals surface area contributed by atoms with E-state index in [1.54, 1.807) is 6.07 Å². The van der Waals surface area contributed by atoms with Crippen LogP contribution in [0.5, 0.6) is 0 Å². The zero-order chi connectivity index (χ0) is 16.0. The van der Waals surface area contributed by atoms with Crippen LogP contribution in [0.15, 0.2) is 23.1 Å². The second kappa shape index (κ2) is 8.13. The van der Waals surface area contributed by atoms with Gasteiger partial charge >= 0.3 is 0 Å². The smallest absolute Gasteiger partial charge is 0.243 e. The van der Waals surface area contributed by atoms with Gasteiger partial charge in [0.05, 0.1) is 4.90 Å². The molecule has 0 saturated heterocycles. The third-order valence-electron chi connectivity index (χ3n) is 3.39. The Morgan fingerprint density at radius 1 is 1.19 bits per heavy atom. The first-order chi connectivity index (χ1) is 9.82. The predicted octanol–water partition coefficient (Wildman–Crippen LogP) is 2.70. The van der Waals surface area contributed by atoms with E-state index >= 15 is 0 Å². The number of sulfonamides is 1. The Bertz CT molecular complexity index is 559. The van der Waals surface area contributed by atoms with Gasteiger partial charge in [0.15, 0.2) is 0 Å². The highest BCUT2D eigenvalue weighted by Gasteiger charge is 2.24. The van der Waals surface area contributed by atoms with Crippen molar-refractivity contribution in [2.75, 3.05) is 33.7 Å². The summed E-state index contributed by atoms with van der Waals surface area (Å²) in [7, 11) is 0.514. The molecule has 0 aliphatic heterocycles. The summed E-state index contributed by atoms with van der Waals surface area (Å²) < 4.78 is 27.1. The second-order valence-electron chi connectivity index (χ2n) is 5.39. The topological polar surface area (TPSA) is 40.6 Å². The first kappa shape index (κ1) is 18.4. The Kier molecular flexibility index (Phi) is 7.13. The quantitative estimate of drug-likeness (QED) is 0.687. The van der Waals surface area contributed by atoms with Gasteiger partial charge in [-0.3, -0.25) is 0 Å². The Hall–Kier alpha value is -0.620. The van der Waals surface area contributed by atoms with E-state index in [2.05, 4.69) is 4.90 Å². The van der Waals surface area contributed by atoms with Crippen LogP contribution in [0, 0.1) is 6.92 Å². The van der Waals surface area contributed by atoms with Crippen molar-refractivity contribution in [3.63, 3.8) is 0 Å². The number of rotatable bonds is 8. The minimum atomic E-state index is -3.46. The number of halogens is 1. The summed E-state index contributed by atoms with van der Waals surface area (Å²) in [5.74, 6) is 0.315. The van der Waals surface area contributed by atoms with E-state index in [1.165, 1.54) is 4.31 Å². The average molecular weight is 333 g/mol. The minimum absolute atomic E-state index is 0.315. The lowest BCUT2D eigenvalue weighted by Gasteiger charge is -2.22. The molecule has 1 aromatic carbocycles. The fourth-order valence-electron chi connectivity index (χ4n) is 2.16. The molecule has 0 aliphatic rings. The molecule has 0 atom stereocenters. The van der Waals surface area contributed by atoms with Gasteiger partial charge in [0.2, 0.25) is 10.0 Å². The zero-order valence-electron chi connectivity index (χ0n) is 13.3. The summed E-state index contributed by atoms with van der Waals surface area (Å²) in [6.07, 6.45) is 0.814. The molecule has 0 heterocycles. The van der Waals surface area contributed by atoms with Crippen molar-refractivity contribution in [2.45, 2.75) is 31.0 Å². The third kappa shape index (κ3) is 4.95. The molecule has 0 aliphatic carbocycles. The molecule has 0 amide bonds. The van der Waals surface area contributed by atoms with Crippen LogP contribution < -0.4 is 0 Å². The van der Waals surface area contributed by atoms with E-state index < -0.39 is 10.0 Å². The van der Waals surface area contributed by atoms with Gasteiger partial charge in [-0.1, -0.05) is 19.1 Å². The molecule has 6 heteroatoms. The molecule has 0 N–H and O–H groups in total. The fourth-order valence-corrected chi connectivity index (χ4v) is 4.09. The molecule has 1 aromatic rings. The Morgan fingerprint density at radius 3 is 2.38 bits per heavy atom. The zero-order valence-corrected chi connectivity index (χ0v) is 14.8. The minimum Gasteiger partial charge on any atom is -0.309 e. The normalized spacial score (nSPS) is 12.3. The number of benzene rings is 1. The van der Waals surface area contributed by atoms with Gasteiger partial charge in [-0.25, -0.2) is 8.42 Å². The standard InChI is InChI=1S/C15H25ClN2O2S/c1-5-18(10-6-9-17(3)4)21(19,20)15-11-14(12-16)8-7-13(15)2/h7-8,11H,5-6,9-10,12H2,1-4H3. The van der Waals surface area contributed by atoms with E-state index in [4.69, 9.17) is 11.6 Å². The van der Waals surface area contributed by atoms with Crippen LogP contribution in [0.2, 0.25) is 0 Å². The fraction of sp³-hybridized carbons (Fsp3) is 0.600. The number of hydrogen-bond acceptors (Lipinski definition) is 3. The third-order valence-corrected chi connectivity index (χ3v) is 5.82. The first-order valence-corrected chi connectivity index (χ1v) is 9.10. The molecule has 0 fully saturated rings. The van der Waals surface area contributed by atoms with Crippen LogP contribution in [-0.2, 0) is 15.9 Å². The van der Waals surface area contributed by atoms with Gasteiger partial charge in [0, 0.05) is 19.0 Å². The molecule has 0 unspecified atom stereocenters. The van der Waals surface area contributed by atoms with Gasteiger partial charge in [0.1, 0.15) is 0 Å². The summed E-state index contributed by atoms with van der Waals surface area (Å²) in [6.45, 7) is 5.56. The lowest BCUT2D eigenvalue weighted by molar-refractivity contribution is 0.356. The maximum atomic E-state index is 12.8. The van der Waals surface area contributed by atoms with E-state index in [9.17, 15) is 8.42 Å². The van der Waals surface area contributed by atoms with Gasteiger partial charge < -0.3 is 4.90 Å². The molecule has 4 nitrogen and oxygen atoms in total. The van der Waals surface area contributed by atoms with Crippen molar-refractivity contribution in [2.24, 2.45) is 0 Å². The Morgan fingerprint density at radius 2 is 1.86 bits per heavy atom. The molecular formula is C15H25ClN2O2S. The number of aryl methyl sites for hydroxylation is 1. The summed E-state index contributed by atoms with van der Waals surface area (Å²) in [4.78, 5) is 2.42. The highest BCUT2D eigenvalue weighted by molar-refractivity contribution is 7.89. The molecule has 0 saturated carbocycles. The SMILES string of the molecule is CCN(CCCN(C)C)S(=O)(=O)c1cc(CCl)ccc1C. The summed E-state index contributed by atoms with van der Waals surface area (Å²) >= 11 is 5.82. The molecule has 21 heavy (non-hydrogen) atoms. The summed E-state index contributed by atoms with van der Waals surface area (Å²) in [5, 5.41) is 0. The van der Waals surface area contributed by atoms with Crippen LogP contribution in [0.3, 0.4) is 0 Å². The van der Waals surface area contributed by atoms with E-state index in [-0.39, 0.29) is 0 Å². The van der Waals surface area contributed by atoms with Crippen molar-refractivity contribution in [1.82, 2.24) is 9.21 Å². The predicted molar refractivity (Wildman–Crippen MR) is 88.3 cm³/mol. The lowest BCUT2D eigenvalue weighted by Crippen LogP contribution is -2.33. The largest absolute Gasteiger partial charge is 0.309 e. The maximum absolute atomic E-state index is 12.8.